The standard InChI is InChI=1S/C18H20ClNO/c1-2-15-10-13(12-19)11-18(20-15)21-17-9-5-7-14-6-3-4-8-16(14)17/h3-4,6,8,10-11,17H,2,5,7,9,12H2,1H3. The van der Waals surface area contributed by atoms with Crippen molar-refractivity contribution in [3.8, 4) is 5.88 Å². The van der Waals surface area contributed by atoms with Crippen molar-refractivity contribution in [2.24, 2.45) is 0 Å². The van der Waals surface area contributed by atoms with Gasteiger partial charge in [-0.05, 0) is 48.4 Å². The van der Waals surface area contributed by atoms with Crippen LogP contribution in [0.4, 0.5) is 0 Å². The summed E-state index contributed by atoms with van der Waals surface area (Å²) in [6, 6.07) is 12.6. The highest BCUT2D eigenvalue weighted by atomic mass is 35.5. The number of nitrogens with zero attached hydrogens (tertiary/aromatic N) is 1. The number of rotatable bonds is 4. The highest BCUT2D eigenvalue weighted by Gasteiger charge is 2.21. The van der Waals surface area contributed by atoms with Gasteiger partial charge in [0.05, 0.1) is 0 Å². The normalized spacial score (nSPS) is 17.3. The maximum absolute atomic E-state index is 6.20. The summed E-state index contributed by atoms with van der Waals surface area (Å²) in [6.45, 7) is 2.10. The number of aromatic nitrogens is 1. The van der Waals surface area contributed by atoms with Crippen LogP contribution >= 0.6 is 11.6 Å². The van der Waals surface area contributed by atoms with Crippen molar-refractivity contribution in [3.63, 3.8) is 0 Å². The summed E-state index contributed by atoms with van der Waals surface area (Å²) in [7, 11) is 0. The molecule has 0 fully saturated rings. The number of pyridine rings is 1. The van der Waals surface area contributed by atoms with Crippen LogP contribution in [-0.4, -0.2) is 4.98 Å². The Kier molecular flexibility index (Phi) is 4.45. The van der Waals surface area contributed by atoms with Crippen molar-refractivity contribution < 1.29 is 4.74 Å². The summed E-state index contributed by atoms with van der Waals surface area (Å²) in [4.78, 5) is 4.59. The van der Waals surface area contributed by atoms with E-state index in [-0.39, 0.29) is 6.10 Å². The van der Waals surface area contributed by atoms with Gasteiger partial charge in [0.25, 0.3) is 0 Å². The summed E-state index contributed by atoms with van der Waals surface area (Å²) in [6.07, 6.45) is 4.36. The molecule has 1 aromatic heterocycles. The van der Waals surface area contributed by atoms with E-state index in [9.17, 15) is 0 Å². The number of hydrogen-bond acceptors (Lipinski definition) is 2. The van der Waals surface area contributed by atoms with Gasteiger partial charge < -0.3 is 4.74 Å². The number of benzene rings is 1. The molecule has 1 unspecified atom stereocenters. The van der Waals surface area contributed by atoms with Gasteiger partial charge >= 0.3 is 0 Å². The van der Waals surface area contributed by atoms with Crippen LogP contribution < -0.4 is 4.74 Å². The third-order valence-corrected chi connectivity index (χ3v) is 4.32. The van der Waals surface area contributed by atoms with Crippen LogP contribution in [-0.2, 0) is 18.7 Å². The van der Waals surface area contributed by atoms with E-state index in [4.69, 9.17) is 16.3 Å². The van der Waals surface area contributed by atoms with Crippen LogP contribution in [0.25, 0.3) is 0 Å². The van der Waals surface area contributed by atoms with E-state index in [1.807, 2.05) is 6.07 Å². The van der Waals surface area contributed by atoms with Gasteiger partial charge in [-0.25, -0.2) is 4.98 Å². The van der Waals surface area contributed by atoms with Crippen molar-refractivity contribution in [2.75, 3.05) is 0 Å². The van der Waals surface area contributed by atoms with Crippen LogP contribution in [0.3, 0.4) is 0 Å². The van der Waals surface area contributed by atoms with Crippen molar-refractivity contribution in [1.29, 1.82) is 0 Å². The predicted molar refractivity (Wildman–Crippen MR) is 85.9 cm³/mol. The fraction of sp³-hybridized carbons (Fsp3) is 0.389. The van der Waals surface area contributed by atoms with Gasteiger partial charge in [-0.1, -0.05) is 31.2 Å². The van der Waals surface area contributed by atoms with Gasteiger partial charge in [0.2, 0.25) is 5.88 Å². The van der Waals surface area contributed by atoms with Crippen molar-refractivity contribution in [1.82, 2.24) is 4.98 Å². The third-order valence-electron chi connectivity index (χ3n) is 4.01. The van der Waals surface area contributed by atoms with E-state index < -0.39 is 0 Å². The average molecular weight is 302 g/mol. The van der Waals surface area contributed by atoms with Crippen LogP contribution in [0, 0.1) is 0 Å². The Morgan fingerprint density at radius 3 is 2.95 bits per heavy atom. The van der Waals surface area contributed by atoms with Crippen LogP contribution in [0.15, 0.2) is 36.4 Å². The SMILES string of the molecule is CCc1cc(CCl)cc(OC2CCCc3ccccc32)n1. The van der Waals surface area contributed by atoms with Crippen molar-refractivity contribution >= 4 is 11.6 Å². The van der Waals surface area contributed by atoms with Crippen LogP contribution in [0.5, 0.6) is 5.88 Å². The van der Waals surface area contributed by atoms with Gasteiger partial charge in [0.1, 0.15) is 6.10 Å². The monoisotopic (exact) mass is 301 g/mol. The first-order chi connectivity index (χ1) is 10.3. The summed E-state index contributed by atoms with van der Waals surface area (Å²) in [5.74, 6) is 1.19. The van der Waals surface area contributed by atoms with E-state index in [0.717, 1.165) is 36.9 Å². The lowest BCUT2D eigenvalue weighted by Gasteiger charge is -2.26. The molecule has 0 saturated carbocycles. The summed E-state index contributed by atoms with van der Waals surface area (Å²) < 4.78 is 6.20. The number of hydrogen-bond donors (Lipinski definition) is 0. The first-order valence-corrected chi connectivity index (χ1v) is 8.14. The van der Waals surface area contributed by atoms with Crippen molar-refractivity contribution in [3.05, 3.63) is 58.8 Å². The molecule has 2 aromatic rings. The molecule has 1 aromatic carbocycles. The Balaban J connectivity index is 1.87. The predicted octanol–water partition coefficient (Wildman–Crippen LogP) is 4.84. The number of fused-ring (bicyclic) bond motifs is 1. The topological polar surface area (TPSA) is 22.1 Å². The molecule has 21 heavy (non-hydrogen) atoms. The molecule has 3 heteroatoms. The molecule has 1 aliphatic rings. The molecule has 0 aliphatic heterocycles. The molecular weight excluding hydrogens is 282 g/mol. The van der Waals surface area contributed by atoms with Gasteiger partial charge in [0, 0.05) is 17.6 Å². The van der Waals surface area contributed by atoms with E-state index >= 15 is 0 Å². The largest absolute Gasteiger partial charge is 0.469 e. The van der Waals surface area contributed by atoms with Gasteiger partial charge in [-0.15, -0.1) is 11.6 Å². The van der Waals surface area contributed by atoms with Crippen LogP contribution in [0.1, 0.15) is 48.3 Å². The molecule has 0 spiro atoms. The Morgan fingerprint density at radius 2 is 2.14 bits per heavy atom. The lowest BCUT2D eigenvalue weighted by Crippen LogP contribution is -2.16. The quantitative estimate of drug-likeness (QED) is 0.754. The summed E-state index contributed by atoms with van der Waals surface area (Å²) in [5.41, 5.74) is 4.81. The first-order valence-electron chi connectivity index (χ1n) is 7.60. The Hall–Kier alpha value is -1.54. The number of aryl methyl sites for hydroxylation is 2. The van der Waals surface area contributed by atoms with Crippen LogP contribution in [0.2, 0.25) is 0 Å². The molecule has 2 nitrogen and oxygen atoms in total. The molecular formula is C18H20ClNO. The smallest absolute Gasteiger partial charge is 0.214 e. The molecule has 0 N–H and O–H groups in total. The van der Waals surface area contributed by atoms with Gasteiger partial charge in [-0.3, -0.25) is 0 Å². The summed E-state index contributed by atoms with van der Waals surface area (Å²) >= 11 is 5.97. The second kappa shape index (κ2) is 6.48. The third kappa shape index (κ3) is 3.21. The van der Waals surface area contributed by atoms with Gasteiger partial charge in [-0.2, -0.15) is 0 Å². The molecule has 0 saturated heterocycles. The first kappa shape index (κ1) is 14.4. The number of ether oxygens (including phenoxy) is 1. The van der Waals surface area contributed by atoms with E-state index in [1.54, 1.807) is 0 Å². The maximum Gasteiger partial charge on any atom is 0.214 e. The Labute approximate surface area is 131 Å². The second-order valence-corrected chi connectivity index (χ2v) is 5.76. The lowest BCUT2D eigenvalue weighted by atomic mass is 9.89. The molecule has 110 valence electrons. The lowest BCUT2D eigenvalue weighted by molar-refractivity contribution is 0.175. The Morgan fingerprint density at radius 1 is 1.29 bits per heavy atom. The fourth-order valence-corrected chi connectivity index (χ4v) is 3.07. The zero-order chi connectivity index (χ0) is 14.7. The zero-order valence-corrected chi connectivity index (χ0v) is 13.1. The van der Waals surface area contributed by atoms with Gasteiger partial charge in [0.15, 0.2) is 0 Å². The highest BCUT2D eigenvalue weighted by Crippen LogP contribution is 2.33. The summed E-state index contributed by atoms with van der Waals surface area (Å²) in [5, 5.41) is 0. The zero-order valence-electron chi connectivity index (χ0n) is 12.3. The van der Waals surface area contributed by atoms with E-state index in [0.29, 0.717) is 11.8 Å². The molecule has 0 amide bonds. The average Bonchev–Trinajstić information content (AvgIpc) is 2.55. The minimum absolute atomic E-state index is 0.109. The molecule has 3 rings (SSSR count). The number of halogens is 1. The molecule has 0 radical (unpaired) electrons. The van der Waals surface area contributed by atoms with E-state index in [1.165, 1.54) is 11.1 Å². The van der Waals surface area contributed by atoms with Crippen molar-refractivity contribution in [2.45, 2.75) is 44.6 Å². The molecule has 1 aliphatic carbocycles. The number of alkyl halides is 1. The fourth-order valence-electron chi connectivity index (χ4n) is 2.92. The molecule has 1 atom stereocenters. The second-order valence-electron chi connectivity index (χ2n) is 5.49. The molecule has 0 bridgehead atoms. The minimum atomic E-state index is 0.109. The maximum atomic E-state index is 6.20. The van der Waals surface area contributed by atoms with E-state index in [2.05, 4.69) is 42.2 Å². The highest BCUT2D eigenvalue weighted by molar-refractivity contribution is 6.17. The Bertz CT molecular complexity index is 604. The molecule has 1 heterocycles. The minimum Gasteiger partial charge on any atom is -0.469 e.